The van der Waals surface area contributed by atoms with Crippen LogP contribution in [0.2, 0.25) is 0 Å². The Morgan fingerprint density at radius 2 is 1.96 bits per heavy atom. The zero-order chi connectivity index (χ0) is 19.4. The van der Waals surface area contributed by atoms with E-state index >= 15 is 0 Å². The van der Waals surface area contributed by atoms with E-state index in [0.29, 0.717) is 17.0 Å². The summed E-state index contributed by atoms with van der Waals surface area (Å²) in [6, 6.07) is 13.2. The first kappa shape index (κ1) is 18.9. The van der Waals surface area contributed by atoms with E-state index in [2.05, 4.69) is 5.32 Å². The predicted octanol–water partition coefficient (Wildman–Crippen LogP) is 0.766. The molecule has 0 radical (unpaired) electrons. The number of fused-ring (bicyclic) bond motifs is 1. The van der Waals surface area contributed by atoms with Gasteiger partial charge in [0.15, 0.2) is 6.61 Å². The molecule has 2 amide bonds. The van der Waals surface area contributed by atoms with Crippen molar-refractivity contribution in [2.75, 3.05) is 18.1 Å². The molecule has 9 heteroatoms. The standard InChI is InChI=1S/C18H19N3O5S/c19-27(24,25)14-5-3-4-13(10-14)11-20-17(22)8-9-21-15-6-1-2-7-16(15)26-12-18(21)23/h1-7,10H,8-9,11-12H2,(H,20,22)(H2,19,24,25). The maximum Gasteiger partial charge on any atom is 0.265 e. The average Bonchev–Trinajstić information content (AvgIpc) is 2.65. The van der Waals surface area contributed by atoms with Crippen LogP contribution < -0.4 is 20.1 Å². The molecule has 142 valence electrons. The monoisotopic (exact) mass is 389 g/mol. The summed E-state index contributed by atoms with van der Waals surface area (Å²) >= 11 is 0. The Bertz CT molecular complexity index is 974. The van der Waals surface area contributed by atoms with E-state index in [1.165, 1.54) is 17.0 Å². The van der Waals surface area contributed by atoms with Gasteiger partial charge in [0.05, 0.1) is 10.6 Å². The predicted molar refractivity (Wildman–Crippen MR) is 98.6 cm³/mol. The van der Waals surface area contributed by atoms with Gasteiger partial charge in [-0.25, -0.2) is 13.6 Å². The molecule has 0 atom stereocenters. The van der Waals surface area contributed by atoms with Crippen LogP contribution in [0.4, 0.5) is 5.69 Å². The van der Waals surface area contributed by atoms with Gasteiger partial charge in [-0.05, 0) is 29.8 Å². The summed E-state index contributed by atoms with van der Waals surface area (Å²) in [5.74, 6) is 0.146. The minimum absolute atomic E-state index is 0.00947. The number of para-hydroxylation sites is 2. The van der Waals surface area contributed by atoms with Crippen LogP contribution in [0, 0.1) is 0 Å². The SMILES string of the molecule is NS(=O)(=O)c1cccc(CNC(=O)CCN2C(=O)COc3ccccc32)c1. The highest BCUT2D eigenvalue weighted by molar-refractivity contribution is 7.89. The lowest BCUT2D eigenvalue weighted by Gasteiger charge is -2.29. The van der Waals surface area contributed by atoms with Gasteiger partial charge >= 0.3 is 0 Å². The topological polar surface area (TPSA) is 119 Å². The Hall–Kier alpha value is -2.91. The minimum atomic E-state index is -3.79. The van der Waals surface area contributed by atoms with Gasteiger partial charge in [0, 0.05) is 19.5 Å². The van der Waals surface area contributed by atoms with Gasteiger partial charge in [0.2, 0.25) is 15.9 Å². The van der Waals surface area contributed by atoms with Crippen molar-refractivity contribution in [1.29, 1.82) is 0 Å². The molecule has 0 fully saturated rings. The Morgan fingerprint density at radius 3 is 2.74 bits per heavy atom. The highest BCUT2D eigenvalue weighted by atomic mass is 32.2. The van der Waals surface area contributed by atoms with Crippen molar-refractivity contribution in [2.24, 2.45) is 5.14 Å². The Kier molecular flexibility index (Phi) is 5.43. The molecule has 0 saturated heterocycles. The van der Waals surface area contributed by atoms with E-state index in [4.69, 9.17) is 9.88 Å². The van der Waals surface area contributed by atoms with Crippen molar-refractivity contribution < 1.29 is 22.7 Å². The van der Waals surface area contributed by atoms with Crippen LogP contribution in [0.1, 0.15) is 12.0 Å². The number of amides is 2. The lowest BCUT2D eigenvalue weighted by molar-refractivity contribution is -0.122. The van der Waals surface area contributed by atoms with Gasteiger partial charge in [-0.15, -0.1) is 0 Å². The molecule has 27 heavy (non-hydrogen) atoms. The van der Waals surface area contributed by atoms with E-state index in [-0.39, 0.29) is 42.8 Å². The number of hydrogen-bond donors (Lipinski definition) is 2. The quantitative estimate of drug-likeness (QED) is 0.756. The molecule has 1 aliphatic heterocycles. The minimum Gasteiger partial charge on any atom is -0.482 e. The Labute approximate surface area is 157 Å². The summed E-state index contributed by atoms with van der Waals surface area (Å²) in [4.78, 5) is 25.7. The second kappa shape index (κ2) is 7.77. The summed E-state index contributed by atoms with van der Waals surface area (Å²) < 4.78 is 28.1. The number of benzene rings is 2. The van der Waals surface area contributed by atoms with E-state index in [1.807, 2.05) is 6.07 Å². The third-order valence-corrected chi connectivity index (χ3v) is 5.00. The lowest BCUT2D eigenvalue weighted by atomic mass is 10.2. The number of nitrogens with one attached hydrogen (secondary N) is 1. The Balaban J connectivity index is 1.57. The van der Waals surface area contributed by atoms with Crippen molar-refractivity contribution in [3.8, 4) is 5.75 Å². The molecule has 0 unspecified atom stereocenters. The number of sulfonamides is 1. The number of carbonyl (C=O) groups excluding carboxylic acids is 2. The van der Waals surface area contributed by atoms with Crippen molar-refractivity contribution >= 4 is 27.5 Å². The number of ether oxygens (including phenoxy) is 1. The number of primary sulfonamides is 1. The number of carbonyl (C=O) groups is 2. The zero-order valence-corrected chi connectivity index (χ0v) is 15.2. The summed E-state index contributed by atoms with van der Waals surface area (Å²) in [7, 11) is -3.79. The number of hydrogen-bond acceptors (Lipinski definition) is 5. The van der Waals surface area contributed by atoms with Crippen LogP contribution >= 0.6 is 0 Å². The van der Waals surface area contributed by atoms with E-state index in [0.717, 1.165) is 0 Å². The maximum absolute atomic E-state index is 12.1. The molecule has 8 nitrogen and oxygen atoms in total. The van der Waals surface area contributed by atoms with Crippen LogP contribution in [-0.2, 0) is 26.2 Å². The summed E-state index contributed by atoms with van der Waals surface area (Å²) in [5.41, 5.74) is 1.25. The largest absolute Gasteiger partial charge is 0.482 e. The summed E-state index contributed by atoms with van der Waals surface area (Å²) in [6.45, 7) is 0.330. The van der Waals surface area contributed by atoms with Gasteiger partial charge in [-0.2, -0.15) is 0 Å². The van der Waals surface area contributed by atoms with Gasteiger partial charge in [0.1, 0.15) is 5.75 Å². The fraction of sp³-hybridized carbons (Fsp3) is 0.222. The number of rotatable bonds is 6. The smallest absolute Gasteiger partial charge is 0.265 e. The van der Waals surface area contributed by atoms with Crippen molar-refractivity contribution in [2.45, 2.75) is 17.9 Å². The molecular weight excluding hydrogens is 370 g/mol. The second-order valence-corrected chi connectivity index (χ2v) is 7.58. The Morgan fingerprint density at radius 1 is 1.19 bits per heavy atom. The third-order valence-electron chi connectivity index (χ3n) is 4.09. The zero-order valence-electron chi connectivity index (χ0n) is 14.4. The first-order valence-electron chi connectivity index (χ1n) is 8.25. The van der Waals surface area contributed by atoms with Gasteiger partial charge < -0.3 is 15.0 Å². The molecule has 0 aliphatic carbocycles. The number of nitrogens with two attached hydrogens (primary N) is 1. The molecule has 2 aromatic rings. The van der Waals surface area contributed by atoms with E-state index < -0.39 is 10.0 Å². The normalized spacial score (nSPS) is 13.7. The van der Waals surface area contributed by atoms with Crippen molar-refractivity contribution in [3.63, 3.8) is 0 Å². The number of anilines is 1. The van der Waals surface area contributed by atoms with E-state index in [1.54, 1.807) is 30.3 Å². The average molecular weight is 389 g/mol. The highest BCUT2D eigenvalue weighted by Crippen LogP contribution is 2.31. The number of nitrogens with zero attached hydrogens (tertiary/aromatic N) is 1. The molecule has 0 spiro atoms. The molecule has 2 aromatic carbocycles. The van der Waals surface area contributed by atoms with Crippen LogP contribution in [0.15, 0.2) is 53.4 Å². The van der Waals surface area contributed by atoms with Crippen LogP contribution in [0.3, 0.4) is 0 Å². The highest BCUT2D eigenvalue weighted by Gasteiger charge is 2.25. The molecule has 3 rings (SSSR count). The molecule has 1 aliphatic rings. The summed E-state index contributed by atoms with van der Waals surface area (Å²) in [5, 5.41) is 7.81. The lowest BCUT2D eigenvalue weighted by Crippen LogP contribution is -2.41. The molecule has 1 heterocycles. The molecule has 0 bridgehead atoms. The maximum atomic E-state index is 12.1. The fourth-order valence-electron chi connectivity index (χ4n) is 2.73. The van der Waals surface area contributed by atoms with Crippen molar-refractivity contribution in [3.05, 3.63) is 54.1 Å². The van der Waals surface area contributed by atoms with Gasteiger partial charge in [0.25, 0.3) is 5.91 Å². The molecule has 3 N–H and O–H groups in total. The van der Waals surface area contributed by atoms with Crippen LogP contribution in [-0.4, -0.2) is 33.4 Å². The van der Waals surface area contributed by atoms with Gasteiger partial charge in [-0.3, -0.25) is 9.59 Å². The van der Waals surface area contributed by atoms with Crippen LogP contribution in [0.5, 0.6) is 5.75 Å². The molecule has 0 saturated carbocycles. The second-order valence-electron chi connectivity index (χ2n) is 6.02. The van der Waals surface area contributed by atoms with E-state index in [9.17, 15) is 18.0 Å². The van der Waals surface area contributed by atoms with Crippen LogP contribution in [0.25, 0.3) is 0 Å². The van der Waals surface area contributed by atoms with Gasteiger partial charge in [-0.1, -0.05) is 24.3 Å². The molecule has 0 aromatic heterocycles. The first-order valence-corrected chi connectivity index (χ1v) is 9.80. The molecular formula is C18H19N3O5S. The van der Waals surface area contributed by atoms with Crippen molar-refractivity contribution in [1.82, 2.24) is 5.32 Å². The third kappa shape index (κ3) is 4.63. The first-order chi connectivity index (χ1) is 12.8. The fourth-order valence-corrected chi connectivity index (χ4v) is 3.32. The summed E-state index contributed by atoms with van der Waals surface area (Å²) in [6.07, 6.45) is 0.106.